The molecule has 0 radical (unpaired) electrons. The lowest BCUT2D eigenvalue weighted by atomic mass is 10.2. The molecule has 12 nitrogen and oxygen atoms in total. The molecule has 220 valence electrons. The number of anilines is 4. The van der Waals surface area contributed by atoms with Crippen LogP contribution < -0.4 is 25.7 Å². The van der Waals surface area contributed by atoms with Crippen molar-refractivity contribution in [3.63, 3.8) is 0 Å². The second-order valence-corrected chi connectivity index (χ2v) is 11.0. The first-order valence-corrected chi connectivity index (χ1v) is 14.7. The summed E-state index contributed by atoms with van der Waals surface area (Å²) in [6.45, 7) is 8.91. The van der Waals surface area contributed by atoms with E-state index in [1.165, 1.54) is 17.5 Å². The van der Waals surface area contributed by atoms with Gasteiger partial charge in [-0.25, -0.2) is 19.8 Å². The van der Waals surface area contributed by atoms with Crippen LogP contribution in [0.5, 0.6) is 0 Å². The summed E-state index contributed by atoms with van der Waals surface area (Å²) in [6.07, 6.45) is 1.52. The maximum atomic E-state index is 12.8. The van der Waals surface area contributed by atoms with E-state index in [-0.39, 0.29) is 11.8 Å². The molecule has 1 aromatic carbocycles. The molecule has 41 heavy (non-hydrogen) atoms. The van der Waals surface area contributed by atoms with Crippen molar-refractivity contribution in [1.29, 1.82) is 0 Å². The molecule has 0 bridgehead atoms. The molecule has 0 spiro atoms. The Morgan fingerprint density at radius 2 is 1.88 bits per heavy atom. The van der Waals surface area contributed by atoms with Crippen LogP contribution in [-0.4, -0.2) is 90.7 Å². The molecule has 2 amide bonds. The number of aromatic nitrogens is 3. The maximum Gasteiger partial charge on any atom is 0.267 e. The Morgan fingerprint density at radius 1 is 1.10 bits per heavy atom. The number of thiazole rings is 1. The van der Waals surface area contributed by atoms with Crippen molar-refractivity contribution in [3.05, 3.63) is 51.7 Å². The lowest BCUT2D eigenvalue weighted by Gasteiger charge is -2.35. The normalized spacial score (nSPS) is 13.7. The number of ether oxygens (including phenoxy) is 1. The highest BCUT2D eigenvalue weighted by Gasteiger charge is 2.21. The van der Waals surface area contributed by atoms with Crippen molar-refractivity contribution in [3.8, 4) is 0 Å². The molecule has 1 fully saturated rings. The fourth-order valence-corrected chi connectivity index (χ4v) is 5.22. The summed E-state index contributed by atoms with van der Waals surface area (Å²) in [6, 6.07) is 7.32. The summed E-state index contributed by atoms with van der Waals surface area (Å²) < 4.78 is 5.35. The molecule has 3 heterocycles. The number of nitrogens with one attached hydrogen (secondary N) is 4. The van der Waals surface area contributed by atoms with E-state index in [2.05, 4.69) is 45.5 Å². The average Bonchev–Trinajstić information content (AvgIpc) is 3.41. The zero-order valence-corrected chi connectivity index (χ0v) is 25.2. The molecular formula is C26H33Cl2N9O3S. The van der Waals surface area contributed by atoms with E-state index in [1.807, 2.05) is 32.0 Å². The molecule has 1 aliphatic rings. The van der Waals surface area contributed by atoms with Gasteiger partial charge in [-0.3, -0.25) is 14.5 Å². The van der Waals surface area contributed by atoms with Crippen molar-refractivity contribution in [1.82, 2.24) is 30.0 Å². The zero-order valence-electron chi connectivity index (χ0n) is 22.9. The molecule has 15 heteroatoms. The Bertz CT molecular complexity index is 1320. The fourth-order valence-electron chi connectivity index (χ4n) is 4.16. The molecule has 0 saturated carbocycles. The minimum atomic E-state index is -0.286. The number of aryl methyl sites for hydroxylation is 2. The number of para-hydroxylation sites is 1. The number of hydrogen-bond donors (Lipinski definition) is 4. The van der Waals surface area contributed by atoms with Gasteiger partial charge >= 0.3 is 0 Å². The Labute approximate surface area is 252 Å². The van der Waals surface area contributed by atoms with E-state index in [9.17, 15) is 9.59 Å². The summed E-state index contributed by atoms with van der Waals surface area (Å²) >= 11 is 12.8. The van der Waals surface area contributed by atoms with Gasteiger partial charge in [0.1, 0.15) is 22.3 Å². The predicted molar refractivity (Wildman–Crippen MR) is 163 cm³/mol. The molecular weight excluding hydrogens is 589 g/mol. The smallest absolute Gasteiger partial charge is 0.267 e. The van der Waals surface area contributed by atoms with E-state index in [1.54, 1.807) is 6.07 Å². The second-order valence-electron chi connectivity index (χ2n) is 9.31. The van der Waals surface area contributed by atoms with Gasteiger partial charge in [-0.2, -0.15) is 0 Å². The third-order valence-corrected chi connectivity index (χ3v) is 7.64. The third-order valence-electron chi connectivity index (χ3n) is 6.22. The molecule has 0 atom stereocenters. The van der Waals surface area contributed by atoms with E-state index >= 15 is 0 Å². The van der Waals surface area contributed by atoms with Crippen LogP contribution in [0.3, 0.4) is 0 Å². The van der Waals surface area contributed by atoms with Crippen molar-refractivity contribution in [2.75, 3.05) is 74.6 Å². The second kappa shape index (κ2) is 15.2. The van der Waals surface area contributed by atoms with Gasteiger partial charge in [-0.1, -0.05) is 35.1 Å². The molecule has 0 aliphatic carbocycles. The van der Waals surface area contributed by atoms with Crippen LogP contribution in [-0.2, 0) is 9.53 Å². The molecule has 3 aromatic rings. The van der Waals surface area contributed by atoms with Gasteiger partial charge in [0, 0.05) is 45.3 Å². The molecule has 1 aliphatic heterocycles. The standard InChI is InChI=1S/C26H33Cl2N9O3S/c1-17-4-3-5-19(27)24(17)35-25(39)20-15-30-26(41-20)34-21-14-22(33-18(2)32-21)37-10-8-36(9-11-37)16-23(38)29-6-12-40-13-7-31-28/h3-5,14-15,31H,6-13,16H2,1-2H3,(H,29,38)(H,35,39)(H,30,32,33,34). The largest absolute Gasteiger partial charge is 0.378 e. The van der Waals surface area contributed by atoms with Crippen molar-refractivity contribution < 1.29 is 14.3 Å². The van der Waals surface area contributed by atoms with E-state index in [0.717, 1.165) is 37.6 Å². The van der Waals surface area contributed by atoms with Crippen molar-refractivity contribution in [2.45, 2.75) is 13.8 Å². The number of rotatable bonds is 13. The van der Waals surface area contributed by atoms with E-state index in [4.69, 9.17) is 28.1 Å². The van der Waals surface area contributed by atoms with Gasteiger partial charge in [0.05, 0.1) is 36.7 Å². The molecule has 4 N–H and O–H groups in total. The predicted octanol–water partition coefficient (Wildman–Crippen LogP) is 3.20. The van der Waals surface area contributed by atoms with Gasteiger partial charge in [0.25, 0.3) is 5.91 Å². The van der Waals surface area contributed by atoms with Crippen LogP contribution in [0.4, 0.5) is 22.5 Å². The molecule has 4 rings (SSSR count). The van der Waals surface area contributed by atoms with Crippen molar-refractivity contribution >= 4 is 69.0 Å². The zero-order chi connectivity index (χ0) is 29.2. The topological polar surface area (TPSA) is 137 Å². The Morgan fingerprint density at radius 3 is 2.63 bits per heavy atom. The Kier molecular flexibility index (Phi) is 11.5. The number of piperazine rings is 1. The summed E-state index contributed by atoms with van der Waals surface area (Å²) in [7, 11) is 0. The summed E-state index contributed by atoms with van der Waals surface area (Å²) in [4.78, 5) is 45.7. The highest BCUT2D eigenvalue weighted by Crippen LogP contribution is 2.28. The van der Waals surface area contributed by atoms with Crippen LogP contribution in [0.15, 0.2) is 30.5 Å². The number of hydrogen-bond acceptors (Lipinski definition) is 11. The lowest BCUT2D eigenvalue weighted by Crippen LogP contribution is -2.50. The number of halogens is 2. The number of nitrogens with zero attached hydrogens (tertiary/aromatic N) is 5. The van der Waals surface area contributed by atoms with E-state index in [0.29, 0.717) is 65.2 Å². The van der Waals surface area contributed by atoms with Gasteiger partial charge in [0.15, 0.2) is 5.13 Å². The van der Waals surface area contributed by atoms with Gasteiger partial charge < -0.3 is 25.6 Å². The van der Waals surface area contributed by atoms with Crippen molar-refractivity contribution in [2.24, 2.45) is 0 Å². The lowest BCUT2D eigenvalue weighted by molar-refractivity contribution is -0.122. The third kappa shape index (κ3) is 9.21. The number of benzene rings is 1. The number of amides is 2. The summed E-state index contributed by atoms with van der Waals surface area (Å²) in [5, 5.41) is 9.95. The monoisotopic (exact) mass is 621 g/mol. The van der Waals surface area contributed by atoms with Crippen LogP contribution in [0.25, 0.3) is 0 Å². The minimum absolute atomic E-state index is 0.0274. The highest BCUT2D eigenvalue weighted by atomic mass is 35.5. The first-order chi connectivity index (χ1) is 19.8. The maximum absolute atomic E-state index is 12.8. The first kappa shape index (κ1) is 30.9. The average molecular weight is 623 g/mol. The van der Waals surface area contributed by atoms with Gasteiger partial charge in [-0.15, -0.1) is 0 Å². The van der Waals surface area contributed by atoms with E-state index < -0.39 is 0 Å². The number of carbonyl (C=O) groups is 2. The SMILES string of the molecule is Cc1nc(Nc2ncc(C(=O)Nc3c(C)cccc3Cl)s2)cc(N2CCN(CC(=O)NCCOCCNCl)CC2)n1. The van der Waals surface area contributed by atoms with Crippen LogP contribution in [0, 0.1) is 13.8 Å². The van der Waals surface area contributed by atoms with Gasteiger partial charge in [0.2, 0.25) is 5.91 Å². The number of carbonyl (C=O) groups excluding carboxylic acids is 2. The molecule has 1 saturated heterocycles. The summed E-state index contributed by atoms with van der Waals surface area (Å²) in [5.74, 6) is 1.67. The van der Waals surface area contributed by atoms with Crippen LogP contribution >= 0.6 is 34.7 Å². The fraction of sp³-hybridized carbons (Fsp3) is 0.423. The molecule has 0 unspecified atom stereocenters. The Balaban J connectivity index is 1.27. The van der Waals surface area contributed by atoms with Crippen LogP contribution in [0.1, 0.15) is 21.1 Å². The van der Waals surface area contributed by atoms with Crippen LogP contribution in [0.2, 0.25) is 5.02 Å². The summed E-state index contributed by atoms with van der Waals surface area (Å²) in [5.41, 5.74) is 1.46. The quantitative estimate of drug-likeness (QED) is 0.166. The first-order valence-electron chi connectivity index (χ1n) is 13.1. The minimum Gasteiger partial charge on any atom is -0.378 e. The highest BCUT2D eigenvalue weighted by molar-refractivity contribution is 7.17. The Hall–Kier alpha value is -3.07. The molecule has 2 aromatic heterocycles. The van der Waals surface area contributed by atoms with Gasteiger partial charge in [-0.05, 0) is 37.3 Å².